The van der Waals surface area contributed by atoms with E-state index in [0.717, 1.165) is 64.9 Å². The van der Waals surface area contributed by atoms with Crippen LogP contribution >= 0.6 is 0 Å². The van der Waals surface area contributed by atoms with Crippen LogP contribution in [0.25, 0.3) is 0 Å². The number of imidazole rings is 1. The van der Waals surface area contributed by atoms with Gasteiger partial charge in [0.25, 0.3) is 0 Å². The monoisotopic (exact) mass is 266 g/mol. The number of hydrogen-bond donors (Lipinski definition) is 1. The molecule has 3 rings (SSSR count). The van der Waals surface area contributed by atoms with Gasteiger partial charge < -0.3 is 14.5 Å². The van der Waals surface area contributed by atoms with E-state index in [9.17, 15) is 0 Å². The highest BCUT2D eigenvalue weighted by atomic mass is 16.5. The van der Waals surface area contributed by atoms with E-state index >= 15 is 0 Å². The van der Waals surface area contributed by atoms with Crippen LogP contribution in [0, 0.1) is 0 Å². The first-order chi connectivity index (χ1) is 9.43. The number of aromatic amines is 1. The number of morpholine rings is 2. The number of hydrogen-bond acceptors (Lipinski definition) is 5. The maximum Gasteiger partial charge on any atom is 0.108 e. The van der Waals surface area contributed by atoms with Crippen molar-refractivity contribution in [3.05, 3.63) is 18.2 Å². The first kappa shape index (κ1) is 13.1. The van der Waals surface area contributed by atoms with Crippen LogP contribution in [0.5, 0.6) is 0 Å². The van der Waals surface area contributed by atoms with Crippen molar-refractivity contribution in [2.75, 3.05) is 52.6 Å². The summed E-state index contributed by atoms with van der Waals surface area (Å²) in [5.74, 6) is 1.06. The van der Waals surface area contributed by atoms with Gasteiger partial charge in [0.2, 0.25) is 0 Å². The van der Waals surface area contributed by atoms with Crippen LogP contribution in [0.2, 0.25) is 0 Å². The van der Waals surface area contributed by atoms with Crippen molar-refractivity contribution in [1.82, 2.24) is 19.8 Å². The maximum atomic E-state index is 5.46. The number of rotatable bonds is 4. The Hall–Kier alpha value is -0.950. The third kappa shape index (κ3) is 3.33. The topological polar surface area (TPSA) is 53.6 Å². The van der Waals surface area contributed by atoms with E-state index in [-0.39, 0.29) is 0 Å². The summed E-state index contributed by atoms with van der Waals surface area (Å²) < 4.78 is 10.9. The minimum Gasteiger partial charge on any atom is -0.379 e. The molecule has 1 aromatic rings. The molecule has 0 aliphatic carbocycles. The van der Waals surface area contributed by atoms with E-state index in [2.05, 4.69) is 19.8 Å². The van der Waals surface area contributed by atoms with Crippen molar-refractivity contribution in [2.24, 2.45) is 0 Å². The fourth-order valence-electron chi connectivity index (χ4n) is 2.82. The van der Waals surface area contributed by atoms with Crippen LogP contribution < -0.4 is 0 Å². The normalized spacial score (nSPS) is 23.0. The number of nitrogens with zero attached hydrogens (tertiary/aromatic N) is 3. The van der Waals surface area contributed by atoms with Crippen molar-refractivity contribution in [2.45, 2.75) is 12.6 Å². The average Bonchev–Trinajstić information content (AvgIpc) is 3.00. The summed E-state index contributed by atoms with van der Waals surface area (Å²) in [6, 6.07) is 0. The molecule has 1 N–H and O–H groups in total. The van der Waals surface area contributed by atoms with E-state index in [1.54, 1.807) is 0 Å². The van der Waals surface area contributed by atoms with Crippen LogP contribution in [-0.2, 0) is 15.9 Å². The number of H-pyrrole nitrogens is 1. The fourth-order valence-corrected chi connectivity index (χ4v) is 2.82. The second kappa shape index (κ2) is 6.47. The summed E-state index contributed by atoms with van der Waals surface area (Å²) in [5.41, 5.74) is 0. The molecule has 19 heavy (non-hydrogen) atoms. The van der Waals surface area contributed by atoms with E-state index in [1.165, 1.54) is 0 Å². The zero-order valence-electron chi connectivity index (χ0n) is 11.3. The Morgan fingerprint density at radius 2 is 1.63 bits per heavy atom. The smallest absolute Gasteiger partial charge is 0.108 e. The van der Waals surface area contributed by atoms with E-state index < -0.39 is 0 Å². The molecule has 0 spiro atoms. The lowest BCUT2D eigenvalue weighted by Crippen LogP contribution is -2.56. The number of ether oxygens (including phenoxy) is 2. The maximum absolute atomic E-state index is 5.46. The number of nitrogens with one attached hydrogen (secondary N) is 1. The summed E-state index contributed by atoms with van der Waals surface area (Å²) in [6.45, 7) is 7.34. The zero-order chi connectivity index (χ0) is 12.9. The summed E-state index contributed by atoms with van der Waals surface area (Å²) in [7, 11) is 0. The summed E-state index contributed by atoms with van der Waals surface area (Å²) in [6.07, 6.45) is 5.06. The van der Waals surface area contributed by atoms with E-state index in [0.29, 0.717) is 6.17 Å². The van der Waals surface area contributed by atoms with Crippen molar-refractivity contribution < 1.29 is 9.47 Å². The third-order valence-electron chi connectivity index (χ3n) is 3.87. The van der Waals surface area contributed by atoms with Gasteiger partial charge in [0, 0.05) is 45.0 Å². The molecule has 106 valence electrons. The molecule has 2 aliphatic rings. The minimum absolute atomic E-state index is 0.402. The highest BCUT2D eigenvalue weighted by Gasteiger charge is 2.28. The van der Waals surface area contributed by atoms with Crippen LogP contribution in [0.4, 0.5) is 0 Å². The van der Waals surface area contributed by atoms with Gasteiger partial charge in [-0.2, -0.15) is 0 Å². The predicted octanol–water partition coefficient (Wildman–Crippen LogP) is -0.0573. The van der Waals surface area contributed by atoms with Crippen LogP contribution in [0.3, 0.4) is 0 Å². The van der Waals surface area contributed by atoms with Crippen LogP contribution in [0.1, 0.15) is 5.82 Å². The Balaban J connectivity index is 1.69. The highest BCUT2D eigenvalue weighted by molar-refractivity contribution is 4.92. The summed E-state index contributed by atoms with van der Waals surface area (Å²) in [4.78, 5) is 12.6. The van der Waals surface area contributed by atoms with E-state index in [1.807, 2.05) is 12.4 Å². The molecule has 0 atom stereocenters. The molecule has 2 fully saturated rings. The Labute approximate surface area is 113 Å². The van der Waals surface area contributed by atoms with Gasteiger partial charge in [0.05, 0.1) is 32.6 Å². The van der Waals surface area contributed by atoms with Crippen molar-refractivity contribution in [3.8, 4) is 0 Å². The SMILES string of the molecule is c1c[nH]c(CC(N2CCOCC2)N2CCOCC2)n1. The molecule has 1 aromatic heterocycles. The molecule has 2 aliphatic heterocycles. The summed E-state index contributed by atoms with van der Waals surface area (Å²) in [5, 5.41) is 0. The molecule has 6 nitrogen and oxygen atoms in total. The van der Waals surface area contributed by atoms with Gasteiger partial charge in [-0.25, -0.2) is 4.98 Å². The molecule has 2 saturated heterocycles. The molecular formula is C13H22N4O2. The lowest BCUT2D eigenvalue weighted by molar-refractivity contribution is -0.0659. The van der Waals surface area contributed by atoms with Gasteiger partial charge >= 0.3 is 0 Å². The Morgan fingerprint density at radius 1 is 1.05 bits per heavy atom. The molecule has 6 heteroatoms. The molecule has 0 aromatic carbocycles. The van der Waals surface area contributed by atoms with Gasteiger partial charge in [0.1, 0.15) is 5.82 Å². The van der Waals surface area contributed by atoms with Crippen molar-refractivity contribution in [1.29, 1.82) is 0 Å². The Bertz CT molecular complexity index is 341. The Kier molecular flexibility index (Phi) is 4.45. The first-order valence-corrected chi connectivity index (χ1v) is 7.05. The Morgan fingerprint density at radius 3 is 2.11 bits per heavy atom. The van der Waals surface area contributed by atoms with Crippen LogP contribution in [0.15, 0.2) is 12.4 Å². The lowest BCUT2D eigenvalue weighted by Gasteiger charge is -2.42. The lowest BCUT2D eigenvalue weighted by atomic mass is 10.2. The van der Waals surface area contributed by atoms with Gasteiger partial charge in [-0.1, -0.05) is 0 Å². The molecule has 0 amide bonds. The second-order valence-electron chi connectivity index (χ2n) is 5.02. The molecule has 0 radical (unpaired) electrons. The van der Waals surface area contributed by atoms with E-state index in [4.69, 9.17) is 9.47 Å². The van der Waals surface area contributed by atoms with Crippen molar-refractivity contribution >= 4 is 0 Å². The zero-order valence-corrected chi connectivity index (χ0v) is 11.3. The standard InChI is InChI=1S/C13H22N4O2/c1-2-15-12(14-1)11-13(16-3-7-18-8-4-16)17-5-9-19-10-6-17/h1-2,13H,3-11H2,(H,14,15). The molecule has 0 saturated carbocycles. The third-order valence-corrected chi connectivity index (χ3v) is 3.87. The van der Waals surface area contributed by atoms with Gasteiger partial charge in [-0.3, -0.25) is 9.80 Å². The molecule has 0 bridgehead atoms. The van der Waals surface area contributed by atoms with Gasteiger partial charge in [-0.15, -0.1) is 0 Å². The molecule has 3 heterocycles. The second-order valence-corrected chi connectivity index (χ2v) is 5.02. The largest absolute Gasteiger partial charge is 0.379 e. The minimum atomic E-state index is 0.402. The summed E-state index contributed by atoms with van der Waals surface area (Å²) >= 11 is 0. The van der Waals surface area contributed by atoms with Crippen molar-refractivity contribution in [3.63, 3.8) is 0 Å². The average molecular weight is 266 g/mol. The quantitative estimate of drug-likeness (QED) is 0.827. The van der Waals surface area contributed by atoms with Crippen LogP contribution in [-0.4, -0.2) is 78.5 Å². The predicted molar refractivity (Wildman–Crippen MR) is 70.9 cm³/mol. The fraction of sp³-hybridized carbons (Fsp3) is 0.769. The number of aromatic nitrogens is 2. The molecular weight excluding hydrogens is 244 g/mol. The highest BCUT2D eigenvalue weighted by Crippen LogP contribution is 2.14. The first-order valence-electron chi connectivity index (χ1n) is 7.05. The van der Waals surface area contributed by atoms with Gasteiger partial charge in [-0.05, 0) is 0 Å². The molecule has 0 unspecified atom stereocenters. The van der Waals surface area contributed by atoms with Gasteiger partial charge in [0.15, 0.2) is 0 Å².